The van der Waals surface area contributed by atoms with Crippen LogP contribution in [0.15, 0.2) is 17.5 Å². The lowest BCUT2D eigenvalue weighted by atomic mass is 10.2. The zero-order valence-corrected chi connectivity index (χ0v) is 13.7. The Labute approximate surface area is 130 Å². The first-order valence-electron chi connectivity index (χ1n) is 7.17. The van der Waals surface area contributed by atoms with E-state index in [9.17, 15) is 9.59 Å². The van der Waals surface area contributed by atoms with E-state index in [1.807, 2.05) is 25.3 Å². The molecule has 118 valence electrons. The van der Waals surface area contributed by atoms with Crippen molar-refractivity contribution in [3.8, 4) is 0 Å². The normalized spacial score (nSPS) is 10.7. The number of hydrogen-bond donors (Lipinski definition) is 1. The van der Waals surface area contributed by atoms with Crippen molar-refractivity contribution in [2.75, 3.05) is 20.1 Å². The minimum atomic E-state index is -0.822. The fourth-order valence-corrected chi connectivity index (χ4v) is 2.72. The number of aliphatic carboxylic acids is 1. The third-order valence-corrected chi connectivity index (χ3v) is 4.20. The molecule has 0 unspecified atom stereocenters. The molecule has 1 aromatic heterocycles. The summed E-state index contributed by atoms with van der Waals surface area (Å²) in [6.07, 6.45) is 1.42. The number of thiophene rings is 1. The van der Waals surface area contributed by atoms with Gasteiger partial charge in [0.1, 0.15) is 0 Å². The summed E-state index contributed by atoms with van der Waals surface area (Å²) in [5.41, 5.74) is 0. The highest BCUT2D eigenvalue weighted by Gasteiger charge is 2.20. The van der Waals surface area contributed by atoms with Gasteiger partial charge in [-0.05, 0) is 38.1 Å². The van der Waals surface area contributed by atoms with Crippen LogP contribution in [0.1, 0.15) is 31.6 Å². The van der Waals surface area contributed by atoms with Gasteiger partial charge in [-0.1, -0.05) is 6.07 Å². The number of carbonyl (C=O) groups excluding carboxylic acids is 1. The lowest BCUT2D eigenvalue weighted by Gasteiger charge is -2.31. The van der Waals surface area contributed by atoms with E-state index in [4.69, 9.17) is 5.11 Å². The SMILES string of the molecule is CC(C)N(CCCC(=O)O)C(=O)N(C)CCc1cccs1. The van der Waals surface area contributed by atoms with Crippen molar-refractivity contribution in [3.63, 3.8) is 0 Å². The van der Waals surface area contributed by atoms with Crippen LogP contribution in [0.5, 0.6) is 0 Å². The van der Waals surface area contributed by atoms with Crippen LogP contribution in [0.4, 0.5) is 4.79 Å². The van der Waals surface area contributed by atoms with Gasteiger partial charge >= 0.3 is 12.0 Å². The molecule has 0 aromatic carbocycles. The smallest absolute Gasteiger partial charge is 0.319 e. The van der Waals surface area contributed by atoms with E-state index < -0.39 is 5.97 Å². The van der Waals surface area contributed by atoms with Crippen molar-refractivity contribution >= 4 is 23.3 Å². The molecule has 0 bridgehead atoms. The Bertz CT molecular complexity index is 446. The molecule has 1 rings (SSSR count). The van der Waals surface area contributed by atoms with Crippen molar-refractivity contribution in [1.29, 1.82) is 0 Å². The monoisotopic (exact) mass is 312 g/mol. The molecule has 0 saturated carbocycles. The fraction of sp³-hybridized carbons (Fsp3) is 0.600. The molecule has 5 nitrogen and oxygen atoms in total. The van der Waals surface area contributed by atoms with Crippen LogP contribution in [-0.2, 0) is 11.2 Å². The molecule has 1 heterocycles. The number of amides is 2. The summed E-state index contributed by atoms with van der Waals surface area (Å²) in [5, 5.41) is 10.7. The lowest BCUT2D eigenvalue weighted by Crippen LogP contribution is -2.46. The zero-order valence-electron chi connectivity index (χ0n) is 12.9. The van der Waals surface area contributed by atoms with Gasteiger partial charge in [-0.3, -0.25) is 4.79 Å². The minimum Gasteiger partial charge on any atom is -0.481 e. The molecular formula is C15H24N2O3S. The lowest BCUT2D eigenvalue weighted by molar-refractivity contribution is -0.137. The molecular weight excluding hydrogens is 288 g/mol. The average Bonchev–Trinajstić information content (AvgIpc) is 2.92. The van der Waals surface area contributed by atoms with Crippen molar-refractivity contribution in [2.45, 2.75) is 39.2 Å². The molecule has 0 saturated heterocycles. The van der Waals surface area contributed by atoms with Crippen LogP contribution in [-0.4, -0.2) is 53.1 Å². The Kier molecular flexibility index (Phi) is 7.22. The summed E-state index contributed by atoms with van der Waals surface area (Å²) in [5.74, 6) is -0.822. The van der Waals surface area contributed by atoms with E-state index in [0.717, 1.165) is 6.42 Å². The van der Waals surface area contributed by atoms with E-state index in [2.05, 4.69) is 6.07 Å². The predicted octanol–water partition coefficient (Wildman–Crippen LogP) is 2.92. The van der Waals surface area contributed by atoms with Gasteiger partial charge in [0.05, 0.1) is 0 Å². The molecule has 0 aliphatic rings. The second kappa shape index (κ2) is 8.67. The molecule has 0 fully saturated rings. The first kappa shape index (κ1) is 17.5. The molecule has 21 heavy (non-hydrogen) atoms. The number of carbonyl (C=O) groups is 2. The summed E-state index contributed by atoms with van der Waals surface area (Å²) in [6, 6.07) is 4.10. The predicted molar refractivity (Wildman–Crippen MR) is 84.8 cm³/mol. The third kappa shape index (κ3) is 6.16. The van der Waals surface area contributed by atoms with E-state index in [1.54, 1.807) is 28.2 Å². The Morgan fingerprint density at radius 2 is 2.05 bits per heavy atom. The van der Waals surface area contributed by atoms with Crippen LogP contribution >= 0.6 is 11.3 Å². The highest BCUT2D eigenvalue weighted by molar-refractivity contribution is 7.09. The van der Waals surface area contributed by atoms with Gasteiger partial charge in [-0.15, -0.1) is 11.3 Å². The first-order valence-corrected chi connectivity index (χ1v) is 8.05. The molecule has 0 spiro atoms. The molecule has 1 aromatic rings. The van der Waals surface area contributed by atoms with Crippen LogP contribution < -0.4 is 0 Å². The zero-order chi connectivity index (χ0) is 15.8. The van der Waals surface area contributed by atoms with Gasteiger partial charge in [0.15, 0.2) is 0 Å². The largest absolute Gasteiger partial charge is 0.481 e. The van der Waals surface area contributed by atoms with Gasteiger partial charge in [0, 0.05) is 37.5 Å². The van der Waals surface area contributed by atoms with Gasteiger partial charge < -0.3 is 14.9 Å². The van der Waals surface area contributed by atoms with Crippen molar-refractivity contribution < 1.29 is 14.7 Å². The number of rotatable bonds is 8. The summed E-state index contributed by atoms with van der Waals surface area (Å²) in [6.45, 7) is 5.05. The molecule has 0 aliphatic carbocycles. The van der Waals surface area contributed by atoms with Crippen LogP contribution in [0.2, 0.25) is 0 Å². The molecule has 2 amide bonds. The highest BCUT2D eigenvalue weighted by Crippen LogP contribution is 2.11. The molecule has 1 N–H and O–H groups in total. The van der Waals surface area contributed by atoms with Crippen LogP contribution in [0.3, 0.4) is 0 Å². The second-order valence-electron chi connectivity index (χ2n) is 5.32. The van der Waals surface area contributed by atoms with E-state index in [-0.39, 0.29) is 18.5 Å². The number of likely N-dealkylation sites (N-methyl/N-ethyl adjacent to an activating group) is 1. The molecule has 6 heteroatoms. The fourth-order valence-electron chi connectivity index (χ4n) is 2.02. The van der Waals surface area contributed by atoms with E-state index in [0.29, 0.717) is 19.5 Å². The Morgan fingerprint density at radius 3 is 2.57 bits per heavy atom. The first-order chi connectivity index (χ1) is 9.91. The number of nitrogens with zero attached hydrogens (tertiary/aromatic N) is 2. The molecule has 0 radical (unpaired) electrons. The maximum absolute atomic E-state index is 12.4. The van der Waals surface area contributed by atoms with Gasteiger partial charge in [0.2, 0.25) is 0 Å². The van der Waals surface area contributed by atoms with E-state index >= 15 is 0 Å². The second-order valence-corrected chi connectivity index (χ2v) is 6.35. The minimum absolute atomic E-state index is 0.0352. The summed E-state index contributed by atoms with van der Waals surface area (Å²) in [4.78, 5) is 27.7. The quantitative estimate of drug-likeness (QED) is 0.803. The third-order valence-electron chi connectivity index (χ3n) is 3.26. The highest BCUT2D eigenvalue weighted by atomic mass is 32.1. The maximum atomic E-state index is 12.4. The Hall–Kier alpha value is -1.56. The number of hydrogen-bond acceptors (Lipinski definition) is 3. The van der Waals surface area contributed by atoms with Gasteiger partial charge in [-0.25, -0.2) is 4.79 Å². The van der Waals surface area contributed by atoms with Gasteiger partial charge in [-0.2, -0.15) is 0 Å². The Morgan fingerprint density at radius 1 is 1.33 bits per heavy atom. The van der Waals surface area contributed by atoms with Crippen molar-refractivity contribution in [2.24, 2.45) is 0 Å². The summed E-state index contributed by atoms with van der Waals surface area (Å²) in [7, 11) is 1.79. The molecule has 0 aliphatic heterocycles. The van der Waals surface area contributed by atoms with Gasteiger partial charge in [0.25, 0.3) is 0 Å². The standard InChI is InChI=1S/C15H24N2O3S/c1-12(2)17(9-4-7-14(18)19)15(20)16(3)10-8-13-6-5-11-21-13/h5-6,11-12H,4,7-10H2,1-3H3,(H,18,19). The maximum Gasteiger partial charge on any atom is 0.319 e. The number of carboxylic acids is 1. The number of urea groups is 1. The Balaban J connectivity index is 2.48. The summed E-state index contributed by atoms with van der Waals surface area (Å²) < 4.78 is 0. The van der Waals surface area contributed by atoms with Crippen molar-refractivity contribution in [3.05, 3.63) is 22.4 Å². The number of carboxylic acid groups (broad SMARTS) is 1. The molecule has 0 atom stereocenters. The van der Waals surface area contributed by atoms with Crippen molar-refractivity contribution in [1.82, 2.24) is 9.80 Å². The van der Waals surface area contributed by atoms with Crippen LogP contribution in [0, 0.1) is 0 Å². The van der Waals surface area contributed by atoms with Crippen LogP contribution in [0.25, 0.3) is 0 Å². The average molecular weight is 312 g/mol. The topological polar surface area (TPSA) is 60.9 Å². The van der Waals surface area contributed by atoms with E-state index in [1.165, 1.54) is 4.88 Å². The summed E-state index contributed by atoms with van der Waals surface area (Å²) >= 11 is 1.69.